The van der Waals surface area contributed by atoms with Crippen LogP contribution in [-0.2, 0) is 13.0 Å². The molecule has 0 saturated heterocycles. The molecular formula is C16H19N3S. The van der Waals surface area contributed by atoms with Gasteiger partial charge in [-0.05, 0) is 31.9 Å². The molecule has 0 unspecified atom stereocenters. The lowest BCUT2D eigenvalue weighted by atomic mass is 10.1. The van der Waals surface area contributed by atoms with Crippen LogP contribution < -0.4 is 5.32 Å². The summed E-state index contributed by atoms with van der Waals surface area (Å²) in [6.45, 7) is 7.20. The Balaban J connectivity index is 1.88. The Morgan fingerprint density at radius 2 is 2.05 bits per heavy atom. The molecule has 0 amide bonds. The maximum atomic E-state index is 4.63. The molecule has 2 heterocycles. The first-order valence-electron chi connectivity index (χ1n) is 6.94. The highest BCUT2D eigenvalue weighted by molar-refractivity contribution is 7.17. The molecule has 3 rings (SSSR count). The van der Waals surface area contributed by atoms with Crippen molar-refractivity contribution in [2.45, 2.75) is 33.7 Å². The number of nitrogens with one attached hydrogen (secondary N) is 1. The van der Waals surface area contributed by atoms with Gasteiger partial charge in [-0.25, -0.2) is 4.98 Å². The Morgan fingerprint density at radius 1 is 1.25 bits per heavy atom. The molecule has 2 aromatic heterocycles. The van der Waals surface area contributed by atoms with Gasteiger partial charge in [-0.2, -0.15) is 0 Å². The number of benzene rings is 1. The van der Waals surface area contributed by atoms with E-state index in [-0.39, 0.29) is 0 Å². The summed E-state index contributed by atoms with van der Waals surface area (Å²) >= 11 is 1.74. The number of rotatable bonds is 4. The minimum absolute atomic E-state index is 0.806. The highest BCUT2D eigenvalue weighted by atomic mass is 32.1. The fraction of sp³-hybridized carbons (Fsp3) is 0.312. The van der Waals surface area contributed by atoms with Crippen molar-refractivity contribution in [1.29, 1.82) is 0 Å². The van der Waals surface area contributed by atoms with E-state index in [1.54, 1.807) is 11.3 Å². The minimum Gasteiger partial charge on any atom is -0.379 e. The van der Waals surface area contributed by atoms with Crippen molar-refractivity contribution in [2.24, 2.45) is 0 Å². The second-order valence-electron chi connectivity index (χ2n) is 5.00. The zero-order valence-electron chi connectivity index (χ0n) is 12.1. The monoisotopic (exact) mass is 285 g/mol. The van der Waals surface area contributed by atoms with Crippen LogP contribution in [0.3, 0.4) is 0 Å². The third kappa shape index (κ3) is 2.31. The Labute approximate surface area is 123 Å². The van der Waals surface area contributed by atoms with E-state index in [1.807, 2.05) is 0 Å². The highest BCUT2D eigenvalue weighted by Crippen LogP contribution is 2.22. The molecule has 3 aromatic rings. The van der Waals surface area contributed by atoms with Gasteiger partial charge in [0, 0.05) is 16.8 Å². The third-order valence-corrected chi connectivity index (χ3v) is 4.48. The first-order chi connectivity index (χ1) is 9.69. The van der Waals surface area contributed by atoms with Gasteiger partial charge in [-0.15, -0.1) is 11.3 Å². The molecule has 0 aliphatic rings. The van der Waals surface area contributed by atoms with Crippen molar-refractivity contribution < 1.29 is 0 Å². The zero-order valence-corrected chi connectivity index (χ0v) is 12.9. The first-order valence-corrected chi connectivity index (χ1v) is 7.76. The number of fused-ring (bicyclic) bond motifs is 1. The Bertz CT molecular complexity index is 739. The number of hydrogen-bond donors (Lipinski definition) is 1. The van der Waals surface area contributed by atoms with E-state index in [1.165, 1.54) is 21.8 Å². The summed E-state index contributed by atoms with van der Waals surface area (Å²) in [6.07, 6.45) is 3.21. The van der Waals surface area contributed by atoms with E-state index < -0.39 is 0 Å². The molecule has 4 heteroatoms. The second-order valence-corrected chi connectivity index (χ2v) is 6.22. The molecule has 0 aliphatic carbocycles. The summed E-state index contributed by atoms with van der Waals surface area (Å²) < 4.78 is 2.21. The van der Waals surface area contributed by atoms with Gasteiger partial charge in [0.25, 0.3) is 0 Å². The van der Waals surface area contributed by atoms with Crippen LogP contribution in [0.15, 0.2) is 30.5 Å². The molecule has 1 N–H and O–H groups in total. The number of aryl methyl sites for hydroxylation is 3. The van der Waals surface area contributed by atoms with E-state index >= 15 is 0 Å². The normalized spacial score (nSPS) is 11.2. The zero-order chi connectivity index (χ0) is 14.1. The van der Waals surface area contributed by atoms with Crippen LogP contribution in [0, 0.1) is 13.8 Å². The lowest BCUT2D eigenvalue weighted by molar-refractivity contribution is 0.984. The smallest absolute Gasteiger partial charge is 0.194 e. The molecule has 3 nitrogen and oxygen atoms in total. The van der Waals surface area contributed by atoms with E-state index in [4.69, 9.17) is 0 Å². The third-order valence-electron chi connectivity index (χ3n) is 3.59. The van der Waals surface area contributed by atoms with Crippen molar-refractivity contribution in [2.75, 3.05) is 5.32 Å². The van der Waals surface area contributed by atoms with Gasteiger partial charge >= 0.3 is 0 Å². The molecule has 0 atom stereocenters. The van der Waals surface area contributed by atoms with Crippen molar-refractivity contribution in [3.63, 3.8) is 0 Å². The van der Waals surface area contributed by atoms with Gasteiger partial charge in [0.05, 0.1) is 17.9 Å². The van der Waals surface area contributed by atoms with Gasteiger partial charge in [0.2, 0.25) is 0 Å². The Morgan fingerprint density at radius 3 is 2.85 bits per heavy atom. The predicted octanol–water partition coefficient (Wildman–Crippen LogP) is 4.19. The lowest BCUT2D eigenvalue weighted by Crippen LogP contribution is -2.05. The number of aromatic nitrogens is 2. The number of para-hydroxylation sites is 1. The molecule has 0 bridgehead atoms. The molecule has 104 valence electrons. The van der Waals surface area contributed by atoms with Crippen molar-refractivity contribution in [3.8, 4) is 0 Å². The fourth-order valence-corrected chi connectivity index (χ4v) is 3.39. The van der Waals surface area contributed by atoms with Crippen LogP contribution in [-0.4, -0.2) is 9.38 Å². The van der Waals surface area contributed by atoms with Crippen LogP contribution in [0.1, 0.15) is 28.8 Å². The summed E-state index contributed by atoms with van der Waals surface area (Å²) in [5.41, 5.74) is 4.93. The molecule has 20 heavy (non-hydrogen) atoms. The van der Waals surface area contributed by atoms with E-state index in [9.17, 15) is 0 Å². The molecule has 1 aromatic carbocycles. The number of hydrogen-bond acceptors (Lipinski definition) is 3. The summed E-state index contributed by atoms with van der Waals surface area (Å²) in [7, 11) is 0. The number of thiazole rings is 1. The average Bonchev–Trinajstić information content (AvgIpc) is 2.92. The topological polar surface area (TPSA) is 29.3 Å². The van der Waals surface area contributed by atoms with Gasteiger partial charge < -0.3 is 5.32 Å². The van der Waals surface area contributed by atoms with Crippen LogP contribution in [0.5, 0.6) is 0 Å². The number of imidazole rings is 1. The van der Waals surface area contributed by atoms with Crippen LogP contribution in [0.2, 0.25) is 0 Å². The van der Waals surface area contributed by atoms with E-state index in [0.717, 1.165) is 23.6 Å². The quantitative estimate of drug-likeness (QED) is 0.779. The number of nitrogens with zero attached hydrogens (tertiary/aromatic N) is 2. The van der Waals surface area contributed by atoms with Crippen LogP contribution in [0.4, 0.5) is 5.69 Å². The molecular weight excluding hydrogens is 266 g/mol. The second kappa shape index (κ2) is 5.29. The largest absolute Gasteiger partial charge is 0.379 e. The van der Waals surface area contributed by atoms with Crippen molar-refractivity contribution in [3.05, 3.63) is 52.3 Å². The van der Waals surface area contributed by atoms with Gasteiger partial charge in [-0.3, -0.25) is 4.40 Å². The maximum absolute atomic E-state index is 4.63. The maximum Gasteiger partial charge on any atom is 0.194 e. The average molecular weight is 285 g/mol. The van der Waals surface area contributed by atoms with Crippen LogP contribution in [0.25, 0.3) is 4.96 Å². The number of anilines is 1. The fourth-order valence-electron chi connectivity index (χ4n) is 2.50. The van der Waals surface area contributed by atoms with Gasteiger partial charge in [0.15, 0.2) is 4.96 Å². The minimum atomic E-state index is 0.806. The van der Waals surface area contributed by atoms with Crippen molar-refractivity contribution >= 4 is 22.0 Å². The molecule has 0 aliphatic heterocycles. The predicted molar refractivity (Wildman–Crippen MR) is 85.7 cm³/mol. The Hall–Kier alpha value is -1.81. The molecule has 0 spiro atoms. The first kappa shape index (κ1) is 13.2. The standard InChI is InChI=1S/C16H19N3S/c1-4-13-7-5-6-8-14(13)17-9-15-12(3)18-16-19(15)10-11(2)20-16/h5-8,10,17H,4,9H2,1-3H3. The summed E-state index contributed by atoms with van der Waals surface area (Å²) in [4.78, 5) is 7.01. The van der Waals surface area contributed by atoms with Crippen molar-refractivity contribution in [1.82, 2.24) is 9.38 Å². The molecule has 0 radical (unpaired) electrons. The summed E-state index contributed by atoms with van der Waals surface area (Å²) in [5, 5.41) is 3.55. The lowest BCUT2D eigenvalue weighted by Gasteiger charge is -2.10. The van der Waals surface area contributed by atoms with E-state index in [0.29, 0.717) is 0 Å². The molecule has 0 fully saturated rings. The summed E-state index contributed by atoms with van der Waals surface area (Å²) in [5.74, 6) is 0. The summed E-state index contributed by atoms with van der Waals surface area (Å²) in [6, 6.07) is 8.49. The van der Waals surface area contributed by atoms with E-state index in [2.05, 4.69) is 65.9 Å². The van der Waals surface area contributed by atoms with Crippen LogP contribution >= 0.6 is 11.3 Å². The highest BCUT2D eigenvalue weighted by Gasteiger charge is 2.11. The molecule has 0 saturated carbocycles. The van der Waals surface area contributed by atoms with Gasteiger partial charge in [-0.1, -0.05) is 25.1 Å². The Kier molecular flexibility index (Phi) is 3.49. The SMILES string of the molecule is CCc1ccccc1NCc1c(C)nc2sc(C)cn12. The van der Waals surface area contributed by atoms with Gasteiger partial charge in [0.1, 0.15) is 0 Å².